The van der Waals surface area contributed by atoms with Crippen molar-refractivity contribution in [1.82, 2.24) is 20.2 Å². The highest BCUT2D eigenvalue weighted by Crippen LogP contribution is 2.34. The van der Waals surface area contributed by atoms with Crippen molar-refractivity contribution in [1.29, 1.82) is 0 Å². The van der Waals surface area contributed by atoms with Crippen molar-refractivity contribution < 1.29 is 4.21 Å². The average molecular weight is 312 g/mol. The van der Waals surface area contributed by atoms with Gasteiger partial charge in [0.15, 0.2) is 5.82 Å². The van der Waals surface area contributed by atoms with Crippen LogP contribution >= 0.6 is 0 Å². The number of rotatable bonds is 5. The first-order chi connectivity index (χ1) is 10.8. The van der Waals surface area contributed by atoms with Gasteiger partial charge in [0.2, 0.25) is 0 Å². The number of benzene rings is 2. The van der Waals surface area contributed by atoms with E-state index in [-0.39, 0.29) is 0 Å². The molecule has 3 aromatic rings. The molecule has 0 aliphatic heterocycles. The summed E-state index contributed by atoms with van der Waals surface area (Å²) in [6.45, 7) is 0. The third-order valence-electron chi connectivity index (χ3n) is 3.94. The van der Waals surface area contributed by atoms with Gasteiger partial charge in [0.25, 0.3) is 0 Å². The van der Waals surface area contributed by atoms with Crippen LogP contribution in [-0.4, -0.2) is 24.4 Å². The lowest BCUT2D eigenvalue weighted by Crippen LogP contribution is -2.08. The maximum absolute atomic E-state index is 12.5. The maximum Gasteiger partial charge on any atom is 0.164 e. The van der Waals surface area contributed by atoms with Gasteiger partial charge in [-0.25, -0.2) is 4.68 Å². The van der Waals surface area contributed by atoms with Gasteiger partial charge in [-0.3, -0.25) is 4.21 Å². The molecular formula is C16H16N4OS. The Labute approximate surface area is 130 Å². The third kappa shape index (κ3) is 2.66. The molecule has 0 bridgehead atoms. The Morgan fingerprint density at radius 2 is 1.91 bits per heavy atom. The molecule has 6 heteroatoms. The van der Waals surface area contributed by atoms with Crippen molar-refractivity contribution in [3.05, 3.63) is 53.9 Å². The van der Waals surface area contributed by atoms with Crippen LogP contribution in [0.25, 0.3) is 10.8 Å². The van der Waals surface area contributed by atoms with E-state index < -0.39 is 10.8 Å². The van der Waals surface area contributed by atoms with E-state index in [0.29, 0.717) is 17.5 Å². The zero-order valence-corrected chi connectivity index (χ0v) is 12.9. The fourth-order valence-electron chi connectivity index (χ4n) is 2.70. The number of hydrogen-bond acceptors (Lipinski definition) is 4. The predicted octanol–water partition coefficient (Wildman–Crippen LogP) is 2.61. The molecule has 1 aliphatic carbocycles. The van der Waals surface area contributed by atoms with Gasteiger partial charge in [-0.1, -0.05) is 42.5 Å². The monoisotopic (exact) mass is 312 g/mol. The third-order valence-corrected chi connectivity index (χ3v) is 5.15. The number of tetrazole rings is 1. The summed E-state index contributed by atoms with van der Waals surface area (Å²) >= 11 is 0. The second kappa shape index (κ2) is 5.61. The molecule has 1 aromatic heterocycles. The quantitative estimate of drug-likeness (QED) is 0.726. The molecule has 1 heterocycles. The zero-order chi connectivity index (χ0) is 14.9. The van der Waals surface area contributed by atoms with Crippen LogP contribution in [0.15, 0.2) is 42.5 Å². The van der Waals surface area contributed by atoms with Crippen LogP contribution < -0.4 is 0 Å². The Kier molecular flexibility index (Phi) is 3.46. The van der Waals surface area contributed by atoms with Crippen molar-refractivity contribution in [3.8, 4) is 0 Å². The van der Waals surface area contributed by atoms with E-state index in [1.165, 1.54) is 10.8 Å². The van der Waals surface area contributed by atoms with E-state index in [1.54, 1.807) is 0 Å². The molecule has 1 fully saturated rings. The van der Waals surface area contributed by atoms with Crippen molar-refractivity contribution in [2.75, 3.05) is 0 Å². The van der Waals surface area contributed by atoms with Gasteiger partial charge < -0.3 is 0 Å². The van der Waals surface area contributed by atoms with Gasteiger partial charge in [0, 0.05) is 16.6 Å². The highest BCUT2D eigenvalue weighted by atomic mass is 32.2. The van der Waals surface area contributed by atoms with Crippen molar-refractivity contribution in [2.45, 2.75) is 30.4 Å². The van der Waals surface area contributed by atoms with Gasteiger partial charge >= 0.3 is 0 Å². The summed E-state index contributed by atoms with van der Waals surface area (Å²) in [5.41, 5.74) is 1.11. The normalized spacial score (nSPS) is 16.0. The minimum absolute atomic E-state index is 0.409. The van der Waals surface area contributed by atoms with E-state index in [9.17, 15) is 4.21 Å². The van der Waals surface area contributed by atoms with Gasteiger partial charge in [0.05, 0.1) is 11.8 Å². The summed E-state index contributed by atoms with van der Waals surface area (Å²) in [7, 11) is -1.02. The Bertz CT molecular complexity index is 836. The molecular weight excluding hydrogens is 296 g/mol. The zero-order valence-electron chi connectivity index (χ0n) is 12.1. The Hall–Kier alpha value is -2.08. The summed E-state index contributed by atoms with van der Waals surface area (Å²) in [4.78, 5) is 0. The lowest BCUT2D eigenvalue weighted by molar-refractivity contribution is 0.591. The Morgan fingerprint density at radius 1 is 1.09 bits per heavy atom. The molecule has 4 rings (SSSR count). The molecule has 0 amide bonds. The molecule has 112 valence electrons. The maximum atomic E-state index is 12.5. The predicted molar refractivity (Wildman–Crippen MR) is 85.6 cm³/mol. The van der Waals surface area contributed by atoms with Crippen LogP contribution in [0.2, 0.25) is 0 Å². The second-order valence-corrected chi connectivity index (χ2v) is 7.09. The fraction of sp³-hybridized carbons (Fsp3) is 0.312. The molecule has 22 heavy (non-hydrogen) atoms. The molecule has 5 nitrogen and oxygen atoms in total. The van der Waals surface area contributed by atoms with Crippen LogP contribution in [0.1, 0.15) is 30.3 Å². The highest BCUT2D eigenvalue weighted by Gasteiger charge is 2.28. The first-order valence-corrected chi connectivity index (χ1v) is 8.88. The van der Waals surface area contributed by atoms with Gasteiger partial charge in [-0.2, -0.15) is 0 Å². The molecule has 0 radical (unpaired) electrons. The molecule has 1 aliphatic rings. The van der Waals surface area contributed by atoms with E-state index in [0.717, 1.165) is 24.2 Å². The Balaban J connectivity index is 1.55. The van der Waals surface area contributed by atoms with E-state index in [2.05, 4.69) is 33.7 Å². The number of fused-ring (bicyclic) bond motifs is 1. The summed E-state index contributed by atoms with van der Waals surface area (Å²) in [5.74, 6) is 1.67. The largest absolute Gasteiger partial charge is 0.259 e. The van der Waals surface area contributed by atoms with Gasteiger partial charge in [-0.05, 0) is 39.6 Å². The van der Waals surface area contributed by atoms with E-state index in [1.807, 2.05) is 28.9 Å². The molecule has 1 atom stereocenters. The van der Waals surface area contributed by atoms with Crippen LogP contribution in [-0.2, 0) is 22.3 Å². The minimum Gasteiger partial charge on any atom is -0.259 e. The number of hydrogen-bond donors (Lipinski definition) is 0. The van der Waals surface area contributed by atoms with Crippen LogP contribution in [0, 0.1) is 0 Å². The van der Waals surface area contributed by atoms with Crippen LogP contribution in [0.5, 0.6) is 0 Å². The Morgan fingerprint density at radius 3 is 2.77 bits per heavy atom. The van der Waals surface area contributed by atoms with Crippen LogP contribution in [0.3, 0.4) is 0 Å². The lowest BCUT2D eigenvalue weighted by atomic mass is 10.1. The van der Waals surface area contributed by atoms with Crippen LogP contribution in [0.4, 0.5) is 0 Å². The highest BCUT2D eigenvalue weighted by molar-refractivity contribution is 7.83. The smallest absolute Gasteiger partial charge is 0.164 e. The van der Waals surface area contributed by atoms with Gasteiger partial charge in [-0.15, -0.1) is 5.10 Å². The summed E-state index contributed by atoms with van der Waals surface area (Å²) in [6, 6.07) is 14.8. The molecule has 0 saturated heterocycles. The van der Waals surface area contributed by atoms with E-state index in [4.69, 9.17) is 0 Å². The second-order valence-electron chi connectivity index (χ2n) is 5.64. The summed E-state index contributed by atoms with van der Waals surface area (Å²) in [5, 5.41) is 14.1. The van der Waals surface area contributed by atoms with Crippen molar-refractivity contribution >= 4 is 21.6 Å². The molecule has 0 spiro atoms. The summed E-state index contributed by atoms with van der Waals surface area (Å²) < 4.78 is 14.4. The summed E-state index contributed by atoms with van der Waals surface area (Å²) in [6.07, 6.45) is 2.24. The fourth-order valence-corrected chi connectivity index (χ4v) is 3.88. The topological polar surface area (TPSA) is 60.7 Å². The minimum atomic E-state index is -1.02. The first-order valence-electron chi connectivity index (χ1n) is 7.39. The molecule has 1 saturated carbocycles. The molecule has 0 N–H and O–H groups in total. The van der Waals surface area contributed by atoms with Gasteiger partial charge in [0.1, 0.15) is 0 Å². The standard InChI is InChI=1S/C16H16N4OS/c21-22(11-16-17-18-19-20(16)14-8-9-14)10-13-6-3-5-12-4-1-2-7-15(12)13/h1-7,14H,8-11H2. The first kappa shape index (κ1) is 13.6. The average Bonchev–Trinajstić information content (AvgIpc) is 3.28. The number of aromatic nitrogens is 4. The number of nitrogens with zero attached hydrogens (tertiary/aromatic N) is 4. The van der Waals surface area contributed by atoms with Crippen molar-refractivity contribution in [3.63, 3.8) is 0 Å². The SMILES string of the molecule is O=S(Cc1cccc2ccccc12)Cc1nnnn1C1CC1. The molecule has 1 unspecified atom stereocenters. The van der Waals surface area contributed by atoms with E-state index >= 15 is 0 Å². The van der Waals surface area contributed by atoms with Crippen molar-refractivity contribution in [2.24, 2.45) is 0 Å². The lowest BCUT2D eigenvalue weighted by Gasteiger charge is -2.07. The molecule has 2 aromatic carbocycles.